The second-order valence-electron chi connectivity index (χ2n) is 9.83. The van der Waals surface area contributed by atoms with Crippen molar-refractivity contribution >= 4 is 29.1 Å². The first-order chi connectivity index (χ1) is 19.4. The van der Waals surface area contributed by atoms with Crippen LogP contribution in [0, 0.1) is 5.82 Å². The molecule has 2 fully saturated rings. The van der Waals surface area contributed by atoms with Crippen molar-refractivity contribution in [3.8, 4) is 11.5 Å². The standard InChI is InChI=1S/C30H32FN5O4/c31-22-6-10-24(11-7-22)35-18-16-34(17-19-35)21-29(38)36-15-14-32-30(39)27(36)20-28(37)33-23-8-12-26(13-9-23)40-25-4-2-1-3-5-25/h1-13,27H,14-21H2,(H,32,39)(H,33,37)/t27-/m1/s1. The molecule has 0 bridgehead atoms. The molecule has 0 radical (unpaired) electrons. The number of hydrogen-bond donors (Lipinski definition) is 2. The molecule has 1 atom stereocenters. The van der Waals surface area contributed by atoms with Crippen molar-refractivity contribution in [2.45, 2.75) is 12.5 Å². The first-order valence-electron chi connectivity index (χ1n) is 13.4. The molecule has 0 saturated carbocycles. The van der Waals surface area contributed by atoms with Gasteiger partial charge in [-0.1, -0.05) is 18.2 Å². The van der Waals surface area contributed by atoms with Gasteiger partial charge in [0.25, 0.3) is 0 Å². The van der Waals surface area contributed by atoms with Crippen LogP contribution in [0.4, 0.5) is 15.8 Å². The van der Waals surface area contributed by atoms with E-state index >= 15 is 0 Å². The second-order valence-corrected chi connectivity index (χ2v) is 9.83. The summed E-state index contributed by atoms with van der Waals surface area (Å²) in [7, 11) is 0. The minimum atomic E-state index is -0.873. The van der Waals surface area contributed by atoms with E-state index in [4.69, 9.17) is 4.74 Å². The molecule has 0 aromatic heterocycles. The normalized spacial score (nSPS) is 17.7. The van der Waals surface area contributed by atoms with E-state index in [0.29, 0.717) is 56.5 Å². The molecule has 0 aliphatic carbocycles. The van der Waals surface area contributed by atoms with Gasteiger partial charge in [0.1, 0.15) is 23.4 Å². The first-order valence-corrected chi connectivity index (χ1v) is 13.4. The summed E-state index contributed by atoms with van der Waals surface area (Å²) in [6, 6.07) is 21.9. The molecule has 208 valence electrons. The lowest BCUT2D eigenvalue weighted by molar-refractivity contribution is -0.145. The van der Waals surface area contributed by atoms with Crippen molar-refractivity contribution in [1.29, 1.82) is 0 Å². The summed E-state index contributed by atoms with van der Waals surface area (Å²) in [6.07, 6.45) is -0.141. The fourth-order valence-electron chi connectivity index (χ4n) is 4.93. The molecule has 2 N–H and O–H groups in total. The molecule has 2 aliphatic heterocycles. The maximum Gasteiger partial charge on any atom is 0.243 e. The van der Waals surface area contributed by atoms with E-state index in [1.165, 1.54) is 17.0 Å². The quantitative estimate of drug-likeness (QED) is 0.452. The van der Waals surface area contributed by atoms with E-state index < -0.39 is 6.04 Å². The summed E-state index contributed by atoms with van der Waals surface area (Å²) >= 11 is 0. The summed E-state index contributed by atoms with van der Waals surface area (Å²) in [6.45, 7) is 3.62. The van der Waals surface area contributed by atoms with Gasteiger partial charge in [-0.15, -0.1) is 0 Å². The molecule has 2 aliphatic rings. The number of halogens is 1. The number of anilines is 2. The van der Waals surface area contributed by atoms with Crippen LogP contribution in [-0.4, -0.2) is 79.4 Å². The Kier molecular flexibility index (Phi) is 8.56. The van der Waals surface area contributed by atoms with Gasteiger partial charge in [-0.05, 0) is 60.7 Å². The highest BCUT2D eigenvalue weighted by Crippen LogP contribution is 2.23. The first kappa shape index (κ1) is 27.1. The average molecular weight is 546 g/mol. The highest BCUT2D eigenvalue weighted by molar-refractivity contribution is 5.97. The molecule has 0 unspecified atom stereocenters. The zero-order valence-electron chi connectivity index (χ0n) is 22.1. The number of para-hydroxylation sites is 1. The zero-order chi connectivity index (χ0) is 27.9. The molecule has 9 nitrogen and oxygen atoms in total. The van der Waals surface area contributed by atoms with Crippen molar-refractivity contribution in [2.24, 2.45) is 0 Å². The number of nitrogens with zero attached hydrogens (tertiary/aromatic N) is 3. The molecular weight excluding hydrogens is 513 g/mol. The predicted molar refractivity (Wildman–Crippen MR) is 150 cm³/mol. The third-order valence-electron chi connectivity index (χ3n) is 7.07. The molecule has 2 saturated heterocycles. The summed E-state index contributed by atoms with van der Waals surface area (Å²) in [5.74, 6) is 0.207. The molecule has 40 heavy (non-hydrogen) atoms. The fourth-order valence-corrected chi connectivity index (χ4v) is 4.93. The monoisotopic (exact) mass is 545 g/mol. The van der Waals surface area contributed by atoms with Crippen LogP contribution < -0.4 is 20.3 Å². The lowest BCUT2D eigenvalue weighted by Crippen LogP contribution is -2.60. The third kappa shape index (κ3) is 6.95. The van der Waals surface area contributed by atoms with Gasteiger partial charge in [0.15, 0.2) is 0 Å². The van der Waals surface area contributed by atoms with E-state index in [1.807, 2.05) is 35.2 Å². The molecule has 10 heteroatoms. The van der Waals surface area contributed by atoms with Crippen molar-refractivity contribution in [3.63, 3.8) is 0 Å². The largest absolute Gasteiger partial charge is 0.457 e. The summed E-state index contributed by atoms with van der Waals surface area (Å²) in [4.78, 5) is 44.5. The number of amides is 3. The smallest absolute Gasteiger partial charge is 0.243 e. The number of ether oxygens (including phenoxy) is 1. The highest BCUT2D eigenvalue weighted by atomic mass is 19.1. The molecule has 2 heterocycles. The Bertz CT molecular complexity index is 1310. The maximum absolute atomic E-state index is 13.2. The minimum Gasteiger partial charge on any atom is -0.457 e. The van der Waals surface area contributed by atoms with Gasteiger partial charge in [0.05, 0.1) is 13.0 Å². The topological polar surface area (TPSA) is 94.2 Å². The Hall–Kier alpha value is -4.44. The fraction of sp³-hybridized carbons (Fsp3) is 0.300. The second kappa shape index (κ2) is 12.6. The molecular formula is C30H32FN5O4. The summed E-state index contributed by atoms with van der Waals surface area (Å²) < 4.78 is 19.0. The van der Waals surface area contributed by atoms with Gasteiger partial charge in [0.2, 0.25) is 17.7 Å². The van der Waals surface area contributed by atoms with Crippen LogP contribution in [0.2, 0.25) is 0 Å². The van der Waals surface area contributed by atoms with Crippen LogP contribution in [0.5, 0.6) is 11.5 Å². The third-order valence-corrected chi connectivity index (χ3v) is 7.07. The van der Waals surface area contributed by atoms with Gasteiger partial charge < -0.3 is 25.2 Å². The number of carbonyl (C=O) groups is 3. The number of hydrogen-bond acceptors (Lipinski definition) is 6. The van der Waals surface area contributed by atoms with Crippen molar-refractivity contribution in [3.05, 3.63) is 84.7 Å². The van der Waals surface area contributed by atoms with Crippen LogP contribution in [0.25, 0.3) is 0 Å². The SMILES string of the molecule is O=C(C[C@@H]1C(=O)NCCN1C(=O)CN1CCN(c2ccc(F)cc2)CC1)Nc1ccc(Oc2ccccc2)cc1. The number of benzene rings is 3. The zero-order valence-corrected chi connectivity index (χ0v) is 22.1. The lowest BCUT2D eigenvalue weighted by atomic mass is 10.1. The van der Waals surface area contributed by atoms with Crippen LogP contribution in [0.15, 0.2) is 78.9 Å². The van der Waals surface area contributed by atoms with Gasteiger partial charge in [0, 0.05) is 50.6 Å². The van der Waals surface area contributed by atoms with Gasteiger partial charge >= 0.3 is 0 Å². The Balaban J connectivity index is 1.13. The van der Waals surface area contributed by atoms with Crippen molar-refractivity contribution < 1.29 is 23.5 Å². The van der Waals surface area contributed by atoms with Gasteiger partial charge in [-0.3, -0.25) is 19.3 Å². The Morgan fingerprint density at radius 2 is 1.55 bits per heavy atom. The Morgan fingerprint density at radius 1 is 0.875 bits per heavy atom. The Labute approximate surface area is 232 Å². The number of carbonyl (C=O) groups excluding carboxylic acids is 3. The Morgan fingerprint density at radius 3 is 2.25 bits per heavy atom. The lowest BCUT2D eigenvalue weighted by Gasteiger charge is -2.39. The summed E-state index contributed by atoms with van der Waals surface area (Å²) in [5.41, 5.74) is 1.52. The molecule has 0 spiro atoms. The van der Waals surface area contributed by atoms with Crippen LogP contribution in [-0.2, 0) is 14.4 Å². The van der Waals surface area contributed by atoms with Crippen molar-refractivity contribution in [1.82, 2.24) is 15.1 Å². The van der Waals surface area contributed by atoms with E-state index in [-0.39, 0.29) is 36.5 Å². The van der Waals surface area contributed by atoms with E-state index in [9.17, 15) is 18.8 Å². The maximum atomic E-state index is 13.2. The average Bonchev–Trinajstić information content (AvgIpc) is 2.96. The van der Waals surface area contributed by atoms with E-state index in [2.05, 4.69) is 15.5 Å². The number of piperazine rings is 2. The van der Waals surface area contributed by atoms with E-state index in [1.54, 1.807) is 36.4 Å². The van der Waals surface area contributed by atoms with Crippen molar-refractivity contribution in [2.75, 3.05) is 56.0 Å². The van der Waals surface area contributed by atoms with Crippen LogP contribution in [0.3, 0.4) is 0 Å². The van der Waals surface area contributed by atoms with Crippen LogP contribution >= 0.6 is 0 Å². The van der Waals surface area contributed by atoms with E-state index in [0.717, 1.165) is 5.69 Å². The summed E-state index contributed by atoms with van der Waals surface area (Å²) in [5, 5.41) is 5.59. The molecule has 3 aromatic carbocycles. The molecule has 3 aromatic rings. The van der Waals surface area contributed by atoms with Gasteiger partial charge in [-0.25, -0.2) is 4.39 Å². The number of rotatable bonds is 8. The van der Waals surface area contributed by atoms with Gasteiger partial charge in [-0.2, -0.15) is 0 Å². The molecule has 3 amide bonds. The highest BCUT2D eigenvalue weighted by Gasteiger charge is 2.35. The molecule has 5 rings (SSSR count). The minimum absolute atomic E-state index is 0.141. The number of nitrogens with one attached hydrogen (secondary N) is 2. The predicted octanol–water partition coefficient (Wildman–Crippen LogP) is 3.10. The van der Waals surface area contributed by atoms with Crippen LogP contribution in [0.1, 0.15) is 6.42 Å².